The highest BCUT2D eigenvalue weighted by Gasteiger charge is 2.56. The third-order valence-electron chi connectivity index (χ3n) is 3.08. The van der Waals surface area contributed by atoms with E-state index >= 15 is 0 Å². The summed E-state index contributed by atoms with van der Waals surface area (Å²) in [6.45, 7) is 3.99. The first-order valence-corrected chi connectivity index (χ1v) is 6.40. The van der Waals surface area contributed by atoms with Gasteiger partial charge in [-0.05, 0) is 25.8 Å². The van der Waals surface area contributed by atoms with Crippen LogP contribution in [-0.4, -0.2) is 10.2 Å². The number of benzene rings is 1. The highest BCUT2D eigenvalue weighted by atomic mass is 35.5. The van der Waals surface area contributed by atoms with Gasteiger partial charge in [-0.3, -0.25) is 4.79 Å². The molecule has 92 valence electrons. The molecule has 1 saturated carbocycles. The maximum atomic E-state index is 11.8. The molecule has 0 aromatic heterocycles. The van der Waals surface area contributed by atoms with Gasteiger partial charge in [0.1, 0.15) is 4.33 Å². The normalized spacial score (nSPS) is 22.9. The van der Waals surface area contributed by atoms with Crippen LogP contribution in [0.5, 0.6) is 0 Å². The standard InChI is InChI=1S/C13H15Cl2NO/c1-8-3-5-10(6-4-8)9(2)16-12(17)11-7-13(11,14)15/h3-6,9,11H,7H2,1-2H3,(H,16,17). The second-order valence-electron chi connectivity index (χ2n) is 4.66. The molecular formula is C13H15Cl2NO. The van der Waals surface area contributed by atoms with E-state index < -0.39 is 4.33 Å². The maximum Gasteiger partial charge on any atom is 0.226 e. The van der Waals surface area contributed by atoms with Gasteiger partial charge in [-0.2, -0.15) is 0 Å². The summed E-state index contributed by atoms with van der Waals surface area (Å²) in [7, 11) is 0. The monoisotopic (exact) mass is 271 g/mol. The minimum absolute atomic E-state index is 0.0205. The molecular weight excluding hydrogens is 257 g/mol. The van der Waals surface area contributed by atoms with Gasteiger partial charge in [0.2, 0.25) is 5.91 Å². The minimum Gasteiger partial charge on any atom is -0.349 e. The summed E-state index contributed by atoms with van der Waals surface area (Å²) in [5.74, 6) is -0.332. The first-order chi connectivity index (χ1) is 7.90. The van der Waals surface area contributed by atoms with Crippen molar-refractivity contribution in [1.82, 2.24) is 5.32 Å². The molecule has 0 heterocycles. The Labute approximate surface area is 111 Å². The van der Waals surface area contributed by atoms with Crippen molar-refractivity contribution in [2.75, 3.05) is 0 Å². The van der Waals surface area contributed by atoms with Crippen molar-refractivity contribution in [1.29, 1.82) is 0 Å². The van der Waals surface area contributed by atoms with Crippen molar-refractivity contribution in [3.8, 4) is 0 Å². The van der Waals surface area contributed by atoms with Crippen molar-refractivity contribution < 1.29 is 4.79 Å². The van der Waals surface area contributed by atoms with E-state index in [1.807, 2.05) is 38.1 Å². The predicted molar refractivity (Wildman–Crippen MR) is 70.3 cm³/mol. The van der Waals surface area contributed by atoms with Gasteiger partial charge in [-0.1, -0.05) is 29.8 Å². The van der Waals surface area contributed by atoms with Crippen LogP contribution in [0.15, 0.2) is 24.3 Å². The maximum absolute atomic E-state index is 11.8. The SMILES string of the molecule is Cc1ccc(C(C)NC(=O)C2CC2(Cl)Cl)cc1. The second kappa shape index (κ2) is 4.51. The molecule has 0 bridgehead atoms. The van der Waals surface area contributed by atoms with Crippen LogP contribution < -0.4 is 5.32 Å². The lowest BCUT2D eigenvalue weighted by molar-refractivity contribution is -0.123. The number of amides is 1. The van der Waals surface area contributed by atoms with Crippen LogP contribution in [0.2, 0.25) is 0 Å². The lowest BCUT2D eigenvalue weighted by Gasteiger charge is -2.14. The largest absolute Gasteiger partial charge is 0.349 e. The van der Waals surface area contributed by atoms with Crippen LogP contribution in [0.1, 0.15) is 30.5 Å². The summed E-state index contributed by atoms with van der Waals surface area (Å²) < 4.78 is -0.850. The van der Waals surface area contributed by atoms with Gasteiger partial charge < -0.3 is 5.32 Å². The Morgan fingerprint density at radius 1 is 1.41 bits per heavy atom. The van der Waals surface area contributed by atoms with Crippen LogP contribution in [0.25, 0.3) is 0 Å². The molecule has 0 saturated heterocycles. The van der Waals surface area contributed by atoms with Gasteiger partial charge >= 0.3 is 0 Å². The van der Waals surface area contributed by atoms with Crippen LogP contribution in [0, 0.1) is 12.8 Å². The third-order valence-corrected chi connectivity index (χ3v) is 3.91. The van der Waals surface area contributed by atoms with E-state index in [4.69, 9.17) is 23.2 Å². The topological polar surface area (TPSA) is 29.1 Å². The summed E-state index contributed by atoms with van der Waals surface area (Å²) in [4.78, 5) is 11.8. The van der Waals surface area contributed by atoms with E-state index in [0.29, 0.717) is 6.42 Å². The zero-order valence-electron chi connectivity index (χ0n) is 9.84. The smallest absolute Gasteiger partial charge is 0.226 e. The number of carbonyl (C=O) groups is 1. The van der Waals surface area contributed by atoms with Gasteiger partial charge in [-0.25, -0.2) is 0 Å². The number of hydrogen-bond donors (Lipinski definition) is 1. The van der Waals surface area contributed by atoms with E-state index in [0.717, 1.165) is 5.56 Å². The number of alkyl halides is 2. The molecule has 1 aliphatic rings. The molecule has 0 spiro atoms. The number of nitrogens with one attached hydrogen (secondary N) is 1. The zero-order valence-corrected chi connectivity index (χ0v) is 11.3. The van der Waals surface area contributed by atoms with E-state index in [9.17, 15) is 4.79 Å². The molecule has 1 aromatic rings. The first kappa shape index (κ1) is 12.7. The Hall–Kier alpha value is -0.730. The average molecular weight is 272 g/mol. The lowest BCUT2D eigenvalue weighted by Crippen LogP contribution is -2.29. The van der Waals surface area contributed by atoms with Crippen molar-refractivity contribution >= 4 is 29.1 Å². The summed E-state index contributed by atoms with van der Waals surface area (Å²) in [6, 6.07) is 8.07. The van der Waals surface area contributed by atoms with Crippen molar-refractivity contribution in [2.45, 2.75) is 30.6 Å². The zero-order chi connectivity index (χ0) is 12.6. The summed E-state index contributed by atoms with van der Waals surface area (Å²) >= 11 is 11.7. The summed E-state index contributed by atoms with van der Waals surface area (Å²) in [5, 5.41) is 2.93. The van der Waals surface area contributed by atoms with Gasteiger partial charge in [0.05, 0.1) is 12.0 Å². The Kier molecular flexibility index (Phi) is 3.37. The van der Waals surface area contributed by atoms with Gasteiger partial charge in [-0.15, -0.1) is 23.2 Å². The molecule has 2 nitrogen and oxygen atoms in total. The van der Waals surface area contributed by atoms with Crippen LogP contribution >= 0.6 is 23.2 Å². The lowest BCUT2D eigenvalue weighted by atomic mass is 10.1. The molecule has 17 heavy (non-hydrogen) atoms. The number of carbonyl (C=O) groups excluding carboxylic acids is 1. The van der Waals surface area contributed by atoms with Crippen LogP contribution in [0.3, 0.4) is 0 Å². The predicted octanol–water partition coefficient (Wildman–Crippen LogP) is 3.37. The number of halogens is 2. The Balaban J connectivity index is 1.95. The highest BCUT2D eigenvalue weighted by molar-refractivity contribution is 6.52. The van der Waals surface area contributed by atoms with Crippen LogP contribution in [-0.2, 0) is 4.79 Å². The van der Waals surface area contributed by atoms with Crippen LogP contribution in [0.4, 0.5) is 0 Å². The quantitative estimate of drug-likeness (QED) is 0.840. The molecule has 1 amide bonds. The molecule has 0 radical (unpaired) electrons. The Morgan fingerprint density at radius 2 is 1.94 bits per heavy atom. The molecule has 2 atom stereocenters. The third kappa shape index (κ3) is 2.93. The van der Waals surface area contributed by atoms with Gasteiger partial charge in [0.25, 0.3) is 0 Å². The summed E-state index contributed by atoms with van der Waals surface area (Å²) in [6.07, 6.45) is 0.544. The fraction of sp³-hybridized carbons (Fsp3) is 0.462. The van der Waals surface area contributed by atoms with Crippen molar-refractivity contribution in [3.63, 3.8) is 0 Å². The van der Waals surface area contributed by atoms with E-state index in [1.165, 1.54) is 5.56 Å². The molecule has 2 rings (SSSR count). The highest BCUT2D eigenvalue weighted by Crippen LogP contribution is 2.53. The molecule has 1 aliphatic carbocycles. The number of rotatable bonds is 3. The molecule has 1 N–H and O–H groups in total. The fourth-order valence-electron chi connectivity index (χ4n) is 1.75. The number of hydrogen-bond acceptors (Lipinski definition) is 1. The van der Waals surface area contributed by atoms with Crippen molar-refractivity contribution in [2.24, 2.45) is 5.92 Å². The van der Waals surface area contributed by atoms with E-state index in [2.05, 4.69) is 5.32 Å². The summed E-state index contributed by atoms with van der Waals surface area (Å²) in [5.41, 5.74) is 2.29. The van der Waals surface area contributed by atoms with E-state index in [1.54, 1.807) is 0 Å². The molecule has 1 aromatic carbocycles. The molecule has 0 aliphatic heterocycles. The second-order valence-corrected chi connectivity index (χ2v) is 6.20. The van der Waals surface area contributed by atoms with E-state index in [-0.39, 0.29) is 17.9 Å². The fourth-order valence-corrected chi connectivity index (χ4v) is 2.26. The molecule has 2 unspecified atom stereocenters. The minimum atomic E-state index is -0.850. The molecule has 4 heteroatoms. The molecule has 1 fully saturated rings. The number of aryl methyl sites for hydroxylation is 1. The first-order valence-electron chi connectivity index (χ1n) is 5.65. The Bertz CT molecular complexity index is 428. The van der Waals surface area contributed by atoms with Crippen molar-refractivity contribution in [3.05, 3.63) is 35.4 Å². The van der Waals surface area contributed by atoms with Gasteiger partial charge in [0.15, 0.2) is 0 Å². The van der Waals surface area contributed by atoms with Gasteiger partial charge in [0, 0.05) is 0 Å². The Morgan fingerprint density at radius 3 is 2.41 bits per heavy atom. The average Bonchev–Trinajstić information content (AvgIpc) is 2.89.